The van der Waals surface area contributed by atoms with Crippen LogP contribution in [0.25, 0.3) is 0 Å². The molecule has 0 aliphatic heterocycles. The maximum Gasteiger partial charge on any atom is 0.333 e. The number of aromatic nitrogens is 1. The number of nitrogens with one attached hydrogen (secondary N) is 1. The minimum Gasteiger partial charge on any atom is -0.396 e. The van der Waals surface area contributed by atoms with Crippen molar-refractivity contribution in [1.29, 1.82) is 0 Å². The van der Waals surface area contributed by atoms with Crippen LogP contribution in [0.1, 0.15) is 26.7 Å². The Kier molecular flexibility index (Phi) is 5.25. The van der Waals surface area contributed by atoms with Gasteiger partial charge in [0.2, 0.25) is 0 Å². The van der Waals surface area contributed by atoms with Crippen LogP contribution in [-0.2, 0) is 10.2 Å². The van der Waals surface area contributed by atoms with Crippen molar-refractivity contribution in [2.75, 3.05) is 18.5 Å². The molecule has 2 N–H and O–H groups in total. The van der Waals surface area contributed by atoms with Gasteiger partial charge in [-0.15, -0.1) is 3.89 Å². The zero-order valence-corrected chi connectivity index (χ0v) is 11.9. The third-order valence-electron chi connectivity index (χ3n) is 2.78. The second-order valence-electron chi connectivity index (χ2n) is 5.16. The van der Waals surface area contributed by atoms with Gasteiger partial charge in [0.05, 0.1) is 6.20 Å². The number of aliphatic hydroxyl groups excluding tert-OH is 1. The van der Waals surface area contributed by atoms with Crippen molar-refractivity contribution in [3.63, 3.8) is 0 Å². The van der Waals surface area contributed by atoms with Crippen molar-refractivity contribution in [3.8, 4) is 0 Å². The number of anilines is 1. The number of halogens is 1. The largest absolute Gasteiger partial charge is 0.396 e. The van der Waals surface area contributed by atoms with E-state index in [0.717, 1.165) is 19.0 Å². The lowest BCUT2D eigenvalue weighted by Gasteiger charge is -2.24. The van der Waals surface area contributed by atoms with E-state index < -0.39 is 15.1 Å². The predicted octanol–water partition coefficient (Wildman–Crippen LogP) is 1.95. The van der Waals surface area contributed by atoms with Crippen molar-refractivity contribution >= 4 is 16.0 Å². The van der Waals surface area contributed by atoms with Crippen LogP contribution in [0.4, 0.5) is 9.70 Å². The summed E-state index contributed by atoms with van der Waals surface area (Å²) in [4.78, 5) is 3.40. The van der Waals surface area contributed by atoms with E-state index in [-0.39, 0.29) is 12.0 Å². The Bertz CT molecular complexity index is 500. The molecule has 108 valence electrons. The summed E-state index contributed by atoms with van der Waals surface area (Å²) in [5.41, 5.74) is -0.0186. The molecule has 19 heavy (non-hydrogen) atoms. The Labute approximate surface area is 113 Å². The molecule has 0 saturated heterocycles. The normalized spacial score (nSPS) is 12.4. The average Bonchev–Trinajstić information content (AvgIpc) is 2.34. The van der Waals surface area contributed by atoms with Gasteiger partial charge in [0.25, 0.3) is 0 Å². The number of aliphatic hydroxyl groups is 1. The molecule has 1 rings (SSSR count). The van der Waals surface area contributed by atoms with E-state index in [1.807, 2.05) is 0 Å². The average molecular weight is 290 g/mol. The summed E-state index contributed by atoms with van der Waals surface area (Å²) in [6.45, 7) is 4.89. The fourth-order valence-corrected chi connectivity index (χ4v) is 2.01. The highest BCUT2D eigenvalue weighted by Gasteiger charge is 2.17. The molecule has 0 unspecified atom stereocenters. The minimum atomic E-state index is -4.69. The first-order valence-electron chi connectivity index (χ1n) is 6.00. The van der Waals surface area contributed by atoms with Gasteiger partial charge in [0.1, 0.15) is 10.7 Å². The summed E-state index contributed by atoms with van der Waals surface area (Å²) in [5.74, 6) is 0.490. The van der Waals surface area contributed by atoms with E-state index in [4.69, 9.17) is 5.11 Å². The summed E-state index contributed by atoms with van der Waals surface area (Å²) in [7, 11) is -4.69. The second-order valence-corrected chi connectivity index (χ2v) is 6.51. The Morgan fingerprint density at radius 3 is 2.58 bits per heavy atom. The van der Waals surface area contributed by atoms with E-state index in [1.165, 1.54) is 12.1 Å². The molecule has 1 aromatic heterocycles. The van der Waals surface area contributed by atoms with Gasteiger partial charge in [-0.05, 0) is 30.4 Å². The summed E-state index contributed by atoms with van der Waals surface area (Å²) < 4.78 is 33.9. The molecular formula is C12H19FN2O3S. The lowest BCUT2D eigenvalue weighted by atomic mass is 9.88. The van der Waals surface area contributed by atoms with Crippen molar-refractivity contribution < 1.29 is 17.4 Å². The van der Waals surface area contributed by atoms with Gasteiger partial charge in [0, 0.05) is 13.2 Å². The van der Waals surface area contributed by atoms with Crippen molar-refractivity contribution in [2.45, 2.75) is 31.6 Å². The zero-order valence-electron chi connectivity index (χ0n) is 11.1. The molecule has 7 heteroatoms. The molecule has 1 aromatic rings. The quantitative estimate of drug-likeness (QED) is 0.750. The lowest BCUT2D eigenvalue weighted by molar-refractivity contribution is 0.248. The molecule has 0 aliphatic rings. The smallest absolute Gasteiger partial charge is 0.333 e. The highest BCUT2D eigenvalue weighted by molar-refractivity contribution is 7.86. The van der Waals surface area contributed by atoms with Crippen LogP contribution in [0.2, 0.25) is 0 Å². The Hall–Kier alpha value is -1.21. The Morgan fingerprint density at radius 2 is 2.11 bits per heavy atom. The Morgan fingerprint density at radius 1 is 1.42 bits per heavy atom. The summed E-state index contributed by atoms with van der Waals surface area (Å²) in [6, 6.07) is 2.60. The molecular weight excluding hydrogens is 271 g/mol. The predicted molar refractivity (Wildman–Crippen MR) is 71.1 cm³/mol. The number of hydrogen-bond donors (Lipinski definition) is 2. The van der Waals surface area contributed by atoms with E-state index in [9.17, 15) is 12.3 Å². The first kappa shape index (κ1) is 15.8. The lowest BCUT2D eigenvalue weighted by Crippen LogP contribution is -2.23. The maximum absolute atomic E-state index is 12.7. The van der Waals surface area contributed by atoms with Crippen LogP contribution in [0.3, 0.4) is 0 Å². The molecule has 5 nitrogen and oxygen atoms in total. The first-order chi connectivity index (χ1) is 8.74. The SMILES string of the molecule is CC(C)(CCCO)CNc1ccc(S(=O)(=O)F)cn1. The molecule has 0 bridgehead atoms. The van der Waals surface area contributed by atoms with Gasteiger partial charge in [-0.1, -0.05) is 13.8 Å². The summed E-state index contributed by atoms with van der Waals surface area (Å²) in [6.07, 6.45) is 2.56. The topological polar surface area (TPSA) is 79.3 Å². The zero-order chi connectivity index (χ0) is 14.5. The molecule has 0 aromatic carbocycles. The van der Waals surface area contributed by atoms with Gasteiger partial charge in [-0.2, -0.15) is 8.42 Å². The van der Waals surface area contributed by atoms with Gasteiger partial charge in [0.15, 0.2) is 0 Å². The molecule has 0 spiro atoms. The number of hydrogen-bond acceptors (Lipinski definition) is 5. The van der Waals surface area contributed by atoms with Gasteiger partial charge in [-0.25, -0.2) is 4.98 Å². The highest BCUT2D eigenvalue weighted by atomic mass is 32.3. The van der Waals surface area contributed by atoms with Crippen LogP contribution < -0.4 is 5.32 Å². The molecule has 1 heterocycles. The van der Waals surface area contributed by atoms with Crippen LogP contribution in [0.5, 0.6) is 0 Å². The van der Waals surface area contributed by atoms with Gasteiger partial charge < -0.3 is 10.4 Å². The first-order valence-corrected chi connectivity index (χ1v) is 7.38. The standard InChI is InChI=1S/C12H19FN2O3S/c1-12(2,6-3-7-16)9-15-11-5-4-10(8-14-11)19(13,17)18/h4-5,8,16H,3,6-7,9H2,1-2H3,(H,14,15). The molecule has 0 saturated carbocycles. The highest BCUT2D eigenvalue weighted by Crippen LogP contribution is 2.22. The van der Waals surface area contributed by atoms with Crippen molar-refractivity contribution in [2.24, 2.45) is 5.41 Å². The fourth-order valence-electron chi connectivity index (χ4n) is 1.60. The monoisotopic (exact) mass is 290 g/mol. The van der Waals surface area contributed by atoms with Crippen LogP contribution >= 0.6 is 0 Å². The van der Waals surface area contributed by atoms with E-state index in [2.05, 4.69) is 24.1 Å². The minimum absolute atomic E-state index is 0.0186. The third kappa shape index (κ3) is 5.52. The Balaban J connectivity index is 2.59. The summed E-state index contributed by atoms with van der Waals surface area (Å²) >= 11 is 0. The molecule has 0 atom stereocenters. The van der Waals surface area contributed by atoms with Gasteiger partial charge in [-0.3, -0.25) is 0 Å². The van der Waals surface area contributed by atoms with E-state index in [1.54, 1.807) is 0 Å². The number of rotatable bonds is 7. The molecule has 0 radical (unpaired) electrons. The molecule has 0 aliphatic carbocycles. The van der Waals surface area contributed by atoms with Crippen molar-refractivity contribution in [3.05, 3.63) is 18.3 Å². The molecule has 0 amide bonds. The second kappa shape index (κ2) is 6.29. The van der Waals surface area contributed by atoms with E-state index in [0.29, 0.717) is 12.4 Å². The fraction of sp³-hybridized carbons (Fsp3) is 0.583. The maximum atomic E-state index is 12.7. The number of nitrogens with zero attached hydrogens (tertiary/aromatic N) is 1. The van der Waals surface area contributed by atoms with Crippen molar-refractivity contribution in [1.82, 2.24) is 4.98 Å². The van der Waals surface area contributed by atoms with E-state index >= 15 is 0 Å². The van der Waals surface area contributed by atoms with Crippen LogP contribution in [0.15, 0.2) is 23.2 Å². The third-order valence-corrected chi connectivity index (χ3v) is 3.58. The number of pyridine rings is 1. The molecule has 0 fully saturated rings. The summed E-state index contributed by atoms with van der Waals surface area (Å²) in [5, 5.41) is 11.9. The van der Waals surface area contributed by atoms with Crippen LogP contribution in [0, 0.1) is 5.41 Å². The van der Waals surface area contributed by atoms with Crippen LogP contribution in [-0.4, -0.2) is 31.7 Å². The van der Waals surface area contributed by atoms with Gasteiger partial charge >= 0.3 is 10.2 Å².